The number of rotatable bonds is 0. The summed E-state index contributed by atoms with van der Waals surface area (Å²) in [5.41, 5.74) is 0.372. The van der Waals surface area contributed by atoms with Gasteiger partial charge in [-0.2, -0.15) is 5.26 Å². The van der Waals surface area contributed by atoms with Gasteiger partial charge in [0.15, 0.2) is 0 Å². The third-order valence-electron chi connectivity index (χ3n) is 7.98. The van der Waals surface area contributed by atoms with Gasteiger partial charge in [0, 0.05) is 0 Å². The number of hydrogen-bond donors (Lipinski definition) is 0. The molecule has 7 atom stereocenters. The summed E-state index contributed by atoms with van der Waals surface area (Å²) >= 11 is 0. The van der Waals surface area contributed by atoms with Crippen LogP contribution in [0.1, 0.15) is 71.1 Å². The highest BCUT2D eigenvalue weighted by molar-refractivity contribution is 5.09. The molecule has 4 aliphatic rings. The van der Waals surface area contributed by atoms with Crippen LogP contribution in [-0.2, 0) is 0 Å². The van der Waals surface area contributed by atoms with E-state index in [1.165, 1.54) is 64.2 Å². The first kappa shape index (κ1) is 13.2. The number of fused-ring (bicyclic) bond motifs is 4. The summed E-state index contributed by atoms with van der Waals surface area (Å²) in [5, 5.41) is 9.50. The van der Waals surface area contributed by atoms with Gasteiger partial charge in [-0.15, -0.1) is 0 Å². The molecule has 4 saturated carbocycles. The van der Waals surface area contributed by atoms with Crippen molar-refractivity contribution >= 4 is 0 Å². The van der Waals surface area contributed by atoms with Crippen LogP contribution in [0.3, 0.4) is 0 Å². The molecule has 0 amide bonds. The first-order chi connectivity index (χ1) is 9.72. The Bertz CT molecular complexity index is 422. The average Bonchev–Trinajstić information content (AvgIpc) is 2.80. The molecular weight excluding hydrogens is 242 g/mol. The van der Waals surface area contributed by atoms with E-state index in [-0.39, 0.29) is 0 Å². The van der Waals surface area contributed by atoms with Crippen LogP contribution in [-0.4, -0.2) is 0 Å². The fourth-order valence-electron chi connectivity index (χ4n) is 6.88. The van der Waals surface area contributed by atoms with Crippen LogP contribution in [0.2, 0.25) is 0 Å². The Morgan fingerprint density at radius 2 is 1.70 bits per heavy atom. The summed E-state index contributed by atoms with van der Waals surface area (Å²) in [6.07, 6.45) is 14.4. The normalized spacial score (nSPS) is 54.4. The zero-order valence-corrected chi connectivity index (χ0v) is 13.0. The molecule has 0 spiro atoms. The van der Waals surface area contributed by atoms with E-state index < -0.39 is 0 Å². The van der Waals surface area contributed by atoms with Gasteiger partial charge in [-0.1, -0.05) is 26.2 Å². The van der Waals surface area contributed by atoms with Crippen LogP contribution in [0.4, 0.5) is 0 Å². The third-order valence-corrected chi connectivity index (χ3v) is 7.98. The van der Waals surface area contributed by atoms with Crippen molar-refractivity contribution in [2.75, 3.05) is 0 Å². The topological polar surface area (TPSA) is 23.8 Å². The van der Waals surface area contributed by atoms with Crippen LogP contribution in [0.5, 0.6) is 0 Å². The van der Waals surface area contributed by atoms with E-state index in [4.69, 9.17) is 0 Å². The Kier molecular flexibility index (Phi) is 3.13. The molecule has 0 aliphatic heterocycles. The van der Waals surface area contributed by atoms with Crippen molar-refractivity contribution in [1.82, 2.24) is 0 Å². The molecule has 4 aliphatic carbocycles. The minimum atomic E-state index is 0.359. The van der Waals surface area contributed by atoms with Gasteiger partial charge in [0.05, 0.1) is 12.0 Å². The van der Waals surface area contributed by atoms with Crippen LogP contribution >= 0.6 is 0 Å². The predicted molar refractivity (Wildman–Crippen MR) is 80.8 cm³/mol. The second-order valence-corrected chi connectivity index (χ2v) is 8.61. The summed E-state index contributed by atoms with van der Waals surface area (Å²) in [7, 11) is 0. The van der Waals surface area contributed by atoms with Crippen LogP contribution in [0, 0.1) is 52.3 Å². The van der Waals surface area contributed by atoms with E-state index in [1.807, 2.05) is 0 Å². The van der Waals surface area contributed by atoms with Crippen molar-refractivity contribution in [2.24, 2.45) is 40.9 Å². The van der Waals surface area contributed by atoms with Gasteiger partial charge in [0.2, 0.25) is 0 Å². The standard InChI is InChI=1S/C19H29N/c1-19-11-14-7-6-13-4-2-3-5-17(13)18(14)10-15(19)8-9-16(19)12-20/h13-18H,2-11H2,1H3/t13?,14-,15?,16?,17-,18?,19+/m1/s1. The van der Waals surface area contributed by atoms with Crippen molar-refractivity contribution in [2.45, 2.75) is 71.1 Å². The molecule has 0 N–H and O–H groups in total. The zero-order valence-electron chi connectivity index (χ0n) is 13.0. The summed E-state index contributed by atoms with van der Waals surface area (Å²) in [4.78, 5) is 0. The predicted octanol–water partition coefficient (Wildman–Crippen LogP) is 5.17. The summed E-state index contributed by atoms with van der Waals surface area (Å²) in [5.74, 6) is 5.36. The Labute approximate surface area is 124 Å². The van der Waals surface area contributed by atoms with Crippen molar-refractivity contribution in [3.63, 3.8) is 0 Å². The second-order valence-electron chi connectivity index (χ2n) is 8.61. The molecule has 0 bridgehead atoms. The lowest BCUT2D eigenvalue weighted by molar-refractivity contribution is -0.0443. The molecule has 1 nitrogen and oxygen atoms in total. The van der Waals surface area contributed by atoms with Crippen LogP contribution < -0.4 is 0 Å². The SMILES string of the molecule is C[C@]12C[C@H]3CCC4CCCC[C@H]4C3CC1CCC2C#N. The lowest BCUT2D eigenvalue weighted by Crippen LogP contribution is -2.46. The van der Waals surface area contributed by atoms with Gasteiger partial charge in [0.1, 0.15) is 0 Å². The van der Waals surface area contributed by atoms with Crippen molar-refractivity contribution < 1.29 is 0 Å². The smallest absolute Gasteiger partial charge is 0.0661 e. The molecule has 0 heterocycles. The Morgan fingerprint density at radius 3 is 2.55 bits per heavy atom. The number of nitrogens with zero attached hydrogens (tertiary/aromatic N) is 1. The van der Waals surface area contributed by atoms with Gasteiger partial charge >= 0.3 is 0 Å². The molecule has 0 aromatic heterocycles. The highest BCUT2D eigenvalue weighted by Crippen LogP contribution is 2.63. The second kappa shape index (κ2) is 4.75. The molecule has 4 rings (SSSR count). The van der Waals surface area contributed by atoms with Crippen LogP contribution in [0.15, 0.2) is 0 Å². The van der Waals surface area contributed by atoms with Crippen molar-refractivity contribution in [1.29, 1.82) is 5.26 Å². The highest BCUT2D eigenvalue weighted by Gasteiger charge is 2.55. The zero-order chi connectivity index (χ0) is 13.7. The van der Waals surface area contributed by atoms with E-state index in [0.717, 1.165) is 29.6 Å². The first-order valence-electron chi connectivity index (χ1n) is 9.12. The molecule has 0 aromatic carbocycles. The maximum absolute atomic E-state index is 9.50. The molecule has 1 heteroatoms. The van der Waals surface area contributed by atoms with Crippen LogP contribution in [0.25, 0.3) is 0 Å². The van der Waals surface area contributed by atoms with Gasteiger partial charge in [-0.3, -0.25) is 0 Å². The summed E-state index contributed by atoms with van der Waals surface area (Å²) < 4.78 is 0. The lowest BCUT2D eigenvalue weighted by Gasteiger charge is -2.54. The molecule has 20 heavy (non-hydrogen) atoms. The minimum Gasteiger partial charge on any atom is -0.198 e. The van der Waals surface area contributed by atoms with Gasteiger partial charge in [-0.05, 0) is 80.0 Å². The molecule has 0 saturated heterocycles. The van der Waals surface area contributed by atoms with E-state index in [1.54, 1.807) is 0 Å². The van der Waals surface area contributed by atoms with E-state index in [0.29, 0.717) is 11.3 Å². The third kappa shape index (κ3) is 1.79. The summed E-state index contributed by atoms with van der Waals surface area (Å²) in [6.45, 7) is 2.46. The van der Waals surface area contributed by atoms with Gasteiger partial charge in [-0.25, -0.2) is 0 Å². The Hall–Kier alpha value is -0.510. The molecule has 4 fully saturated rings. The fourth-order valence-corrected chi connectivity index (χ4v) is 6.88. The first-order valence-corrected chi connectivity index (χ1v) is 9.12. The van der Waals surface area contributed by atoms with E-state index in [2.05, 4.69) is 13.0 Å². The summed E-state index contributed by atoms with van der Waals surface area (Å²) in [6, 6.07) is 2.66. The largest absolute Gasteiger partial charge is 0.198 e. The number of nitriles is 1. The fraction of sp³-hybridized carbons (Fsp3) is 0.947. The average molecular weight is 271 g/mol. The molecule has 0 aromatic rings. The molecule has 110 valence electrons. The lowest BCUT2D eigenvalue weighted by atomic mass is 9.51. The van der Waals surface area contributed by atoms with Crippen molar-refractivity contribution in [3.05, 3.63) is 0 Å². The Balaban J connectivity index is 1.58. The maximum Gasteiger partial charge on any atom is 0.0661 e. The molecular formula is C19H29N. The van der Waals surface area contributed by atoms with Gasteiger partial charge < -0.3 is 0 Å². The van der Waals surface area contributed by atoms with E-state index >= 15 is 0 Å². The molecule has 4 unspecified atom stereocenters. The minimum absolute atomic E-state index is 0.359. The molecule has 0 radical (unpaired) electrons. The number of hydrogen-bond acceptors (Lipinski definition) is 1. The monoisotopic (exact) mass is 271 g/mol. The van der Waals surface area contributed by atoms with Gasteiger partial charge in [0.25, 0.3) is 0 Å². The quantitative estimate of drug-likeness (QED) is 0.596. The van der Waals surface area contributed by atoms with E-state index in [9.17, 15) is 5.26 Å². The van der Waals surface area contributed by atoms with Crippen molar-refractivity contribution in [3.8, 4) is 6.07 Å². The highest BCUT2D eigenvalue weighted by atomic mass is 14.6. The maximum atomic E-state index is 9.50. The Morgan fingerprint density at radius 1 is 0.900 bits per heavy atom.